The fourth-order valence-electron chi connectivity index (χ4n) is 1.72. The number of ether oxygens (including phenoxy) is 4. The minimum absolute atomic E-state index is 0.421. The standard InChI is InChI=1S/C15H25NO4/c1-11(2)10-19-5-6-20-15-13(17-3)7-12(9-16)8-14(15)18-4/h7-8,11H,5-6,9-10,16H2,1-4H3. The van der Waals surface area contributed by atoms with E-state index in [1.165, 1.54) is 0 Å². The second kappa shape index (κ2) is 8.66. The van der Waals surface area contributed by atoms with E-state index in [4.69, 9.17) is 24.7 Å². The summed E-state index contributed by atoms with van der Waals surface area (Å²) in [5, 5.41) is 0. The molecule has 0 heterocycles. The Morgan fingerprint density at radius 2 is 1.65 bits per heavy atom. The molecular formula is C15H25NO4. The third-order valence-corrected chi connectivity index (χ3v) is 2.68. The van der Waals surface area contributed by atoms with Gasteiger partial charge in [-0.05, 0) is 23.6 Å². The molecule has 0 fully saturated rings. The molecule has 20 heavy (non-hydrogen) atoms. The van der Waals surface area contributed by atoms with Gasteiger partial charge in [0, 0.05) is 13.2 Å². The average molecular weight is 283 g/mol. The van der Waals surface area contributed by atoms with Crippen LogP contribution < -0.4 is 19.9 Å². The lowest BCUT2D eigenvalue weighted by Gasteiger charge is -2.16. The highest BCUT2D eigenvalue weighted by Crippen LogP contribution is 2.38. The topological polar surface area (TPSA) is 62.9 Å². The van der Waals surface area contributed by atoms with E-state index in [-0.39, 0.29) is 0 Å². The van der Waals surface area contributed by atoms with Crippen LogP contribution in [0.5, 0.6) is 17.2 Å². The molecule has 5 nitrogen and oxygen atoms in total. The van der Waals surface area contributed by atoms with Crippen molar-refractivity contribution in [3.8, 4) is 17.2 Å². The van der Waals surface area contributed by atoms with Gasteiger partial charge in [0.1, 0.15) is 6.61 Å². The van der Waals surface area contributed by atoms with Crippen molar-refractivity contribution in [3.63, 3.8) is 0 Å². The summed E-state index contributed by atoms with van der Waals surface area (Å²) in [6.07, 6.45) is 0. The van der Waals surface area contributed by atoms with E-state index < -0.39 is 0 Å². The maximum absolute atomic E-state index is 5.72. The SMILES string of the molecule is COc1cc(CN)cc(OC)c1OCCOCC(C)C. The summed E-state index contributed by atoms with van der Waals surface area (Å²) in [7, 11) is 3.19. The maximum Gasteiger partial charge on any atom is 0.203 e. The molecule has 0 aromatic heterocycles. The molecule has 1 aromatic rings. The van der Waals surface area contributed by atoms with Crippen molar-refractivity contribution in [2.24, 2.45) is 11.7 Å². The molecule has 0 spiro atoms. The van der Waals surface area contributed by atoms with Gasteiger partial charge < -0.3 is 24.7 Å². The van der Waals surface area contributed by atoms with Crippen molar-refractivity contribution in [2.75, 3.05) is 34.0 Å². The minimum Gasteiger partial charge on any atom is -0.493 e. The van der Waals surface area contributed by atoms with Crippen LogP contribution in [-0.4, -0.2) is 34.0 Å². The summed E-state index contributed by atoms with van der Waals surface area (Å²) in [5.41, 5.74) is 6.58. The first kappa shape index (κ1) is 16.6. The van der Waals surface area contributed by atoms with Crippen molar-refractivity contribution in [3.05, 3.63) is 17.7 Å². The number of benzene rings is 1. The van der Waals surface area contributed by atoms with Crippen LogP contribution in [0.15, 0.2) is 12.1 Å². The molecule has 2 N–H and O–H groups in total. The van der Waals surface area contributed by atoms with Crippen LogP contribution in [0.2, 0.25) is 0 Å². The lowest BCUT2D eigenvalue weighted by atomic mass is 10.2. The molecule has 114 valence electrons. The highest BCUT2D eigenvalue weighted by atomic mass is 16.6. The second-order valence-electron chi connectivity index (χ2n) is 4.85. The summed E-state index contributed by atoms with van der Waals surface area (Å²) in [4.78, 5) is 0. The molecule has 0 aliphatic carbocycles. The fraction of sp³-hybridized carbons (Fsp3) is 0.600. The smallest absolute Gasteiger partial charge is 0.203 e. The quantitative estimate of drug-likeness (QED) is 0.704. The predicted molar refractivity (Wildman–Crippen MR) is 78.6 cm³/mol. The maximum atomic E-state index is 5.72. The third kappa shape index (κ3) is 4.90. The molecule has 0 bridgehead atoms. The number of methoxy groups -OCH3 is 2. The van der Waals surface area contributed by atoms with E-state index in [0.29, 0.717) is 42.9 Å². The monoisotopic (exact) mass is 283 g/mol. The molecule has 0 saturated heterocycles. The average Bonchev–Trinajstić information content (AvgIpc) is 2.46. The van der Waals surface area contributed by atoms with E-state index in [1.807, 2.05) is 12.1 Å². The molecule has 0 amide bonds. The van der Waals surface area contributed by atoms with Crippen LogP contribution in [0.1, 0.15) is 19.4 Å². The Balaban J connectivity index is 2.67. The highest BCUT2D eigenvalue weighted by Gasteiger charge is 2.13. The first-order valence-electron chi connectivity index (χ1n) is 6.77. The van der Waals surface area contributed by atoms with Crippen LogP contribution in [0.3, 0.4) is 0 Å². The molecule has 0 aliphatic heterocycles. The van der Waals surface area contributed by atoms with Crippen molar-refractivity contribution in [2.45, 2.75) is 20.4 Å². The lowest BCUT2D eigenvalue weighted by molar-refractivity contribution is 0.0802. The van der Waals surface area contributed by atoms with Crippen LogP contribution in [0.4, 0.5) is 0 Å². The zero-order chi connectivity index (χ0) is 15.0. The first-order chi connectivity index (χ1) is 9.62. The van der Waals surface area contributed by atoms with Gasteiger partial charge in [-0.25, -0.2) is 0 Å². The summed E-state index contributed by atoms with van der Waals surface area (Å²) < 4.78 is 21.8. The molecule has 0 unspecified atom stereocenters. The van der Waals surface area contributed by atoms with Crippen molar-refractivity contribution in [1.29, 1.82) is 0 Å². The van der Waals surface area contributed by atoms with Crippen molar-refractivity contribution >= 4 is 0 Å². The van der Waals surface area contributed by atoms with Gasteiger partial charge in [0.05, 0.1) is 20.8 Å². The molecule has 1 rings (SSSR count). The van der Waals surface area contributed by atoms with Crippen LogP contribution >= 0.6 is 0 Å². The Labute approximate surface area is 121 Å². The van der Waals surface area contributed by atoms with Gasteiger partial charge in [-0.3, -0.25) is 0 Å². The fourth-order valence-corrected chi connectivity index (χ4v) is 1.72. The van der Waals surface area contributed by atoms with Crippen molar-refractivity contribution in [1.82, 2.24) is 0 Å². The molecule has 0 atom stereocenters. The summed E-state index contributed by atoms with van der Waals surface area (Å²) >= 11 is 0. The Hall–Kier alpha value is -1.46. The van der Waals surface area contributed by atoms with Crippen LogP contribution in [-0.2, 0) is 11.3 Å². The van der Waals surface area contributed by atoms with E-state index in [1.54, 1.807) is 14.2 Å². The molecule has 5 heteroatoms. The van der Waals surface area contributed by atoms with Gasteiger partial charge in [0.2, 0.25) is 5.75 Å². The summed E-state index contributed by atoms with van der Waals surface area (Å²) in [6, 6.07) is 3.71. The van der Waals surface area contributed by atoms with E-state index in [0.717, 1.165) is 12.2 Å². The van der Waals surface area contributed by atoms with Gasteiger partial charge in [-0.2, -0.15) is 0 Å². The molecule has 0 radical (unpaired) electrons. The largest absolute Gasteiger partial charge is 0.493 e. The normalized spacial score (nSPS) is 10.7. The third-order valence-electron chi connectivity index (χ3n) is 2.68. The van der Waals surface area contributed by atoms with Gasteiger partial charge in [0.15, 0.2) is 11.5 Å². The summed E-state index contributed by atoms with van der Waals surface area (Å²) in [6.45, 7) is 6.34. The zero-order valence-electron chi connectivity index (χ0n) is 12.8. The Morgan fingerprint density at radius 3 is 2.10 bits per heavy atom. The summed E-state index contributed by atoms with van der Waals surface area (Å²) in [5.74, 6) is 2.34. The van der Waals surface area contributed by atoms with Crippen molar-refractivity contribution < 1.29 is 18.9 Å². The number of hydrogen-bond donors (Lipinski definition) is 1. The lowest BCUT2D eigenvalue weighted by Crippen LogP contribution is -2.11. The second-order valence-corrected chi connectivity index (χ2v) is 4.85. The van der Waals surface area contributed by atoms with Gasteiger partial charge in [0.25, 0.3) is 0 Å². The van der Waals surface area contributed by atoms with E-state index >= 15 is 0 Å². The van der Waals surface area contributed by atoms with Gasteiger partial charge >= 0.3 is 0 Å². The Bertz CT molecular complexity index is 382. The van der Waals surface area contributed by atoms with Gasteiger partial charge in [-0.1, -0.05) is 13.8 Å². The molecular weight excluding hydrogens is 258 g/mol. The molecule has 1 aromatic carbocycles. The van der Waals surface area contributed by atoms with E-state index in [9.17, 15) is 0 Å². The van der Waals surface area contributed by atoms with E-state index in [2.05, 4.69) is 13.8 Å². The first-order valence-corrected chi connectivity index (χ1v) is 6.77. The molecule has 0 aliphatic rings. The Morgan fingerprint density at radius 1 is 1.05 bits per heavy atom. The van der Waals surface area contributed by atoms with Gasteiger partial charge in [-0.15, -0.1) is 0 Å². The zero-order valence-corrected chi connectivity index (χ0v) is 12.8. The number of nitrogens with two attached hydrogens (primary N) is 1. The van der Waals surface area contributed by atoms with Crippen LogP contribution in [0, 0.1) is 5.92 Å². The Kier molecular flexibility index (Phi) is 7.18. The molecule has 0 saturated carbocycles. The number of hydrogen-bond acceptors (Lipinski definition) is 5. The highest BCUT2D eigenvalue weighted by molar-refractivity contribution is 5.53. The number of rotatable bonds is 9. The minimum atomic E-state index is 0.421. The predicted octanol–water partition coefficient (Wildman–Crippen LogP) is 2.21. The van der Waals surface area contributed by atoms with Crippen LogP contribution in [0.25, 0.3) is 0 Å².